The van der Waals surface area contributed by atoms with E-state index in [2.05, 4.69) is 235 Å². The van der Waals surface area contributed by atoms with Crippen LogP contribution in [0, 0.1) is 6.92 Å². The predicted octanol–water partition coefficient (Wildman–Crippen LogP) is 19.4. The van der Waals surface area contributed by atoms with Crippen LogP contribution in [0.25, 0.3) is 33.0 Å². The van der Waals surface area contributed by atoms with Crippen molar-refractivity contribution in [2.24, 2.45) is 0 Å². The van der Waals surface area contributed by atoms with Crippen molar-refractivity contribution in [3.8, 4) is 22.3 Å². The van der Waals surface area contributed by atoms with Crippen LogP contribution in [0.4, 0.5) is 28.4 Å². The predicted molar refractivity (Wildman–Crippen MR) is 302 cm³/mol. The molecule has 0 unspecified atom stereocenters. The second-order valence-electron chi connectivity index (χ2n) is 26.8. The summed E-state index contributed by atoms with van der Waals surface area (Å²) in [6.45, 7) is 36.5. The smallest absolute Gasteiger partial charge is 0.0546 e. The molecule has 4 aliphatic carbocycles. The number of anilines is 5. The second-order valence-corrected chi connectivity index (χ2v) is 26.8. The topological polar surface area (TPSA) is 15.3 Å². The van der Waals surface area contributed by atoms with E-state index in [1.54, 1.807) is 0 Å². The highest BCUT2D eigenvalue weighted by atomic mass is 15.1. The Kier molecular flexibility index (Phi) is 10.3. The summed E-state index contributed by atoms with van der Waals surface area (Å²) in [4.78, 5) is 2.64. The maximum Gasteiger partial charge on any atom is 0.0546 e. The first-order valence-electron chi connectivity index (χ1n) is 26.6. The average Bonchev–Trinajstić information content (AvgIpc) is 3.54. The van der Waals surface area contributed by atoms with Crippen LogP contribution in [0.3, 0.4) is 0 Å². The van der Waals surface area contributed by atoms with E-state index in [0.717, 1.165) is 12.1 Å². The van der Waals surface area contributed by atoms with Gasteiger partial charge in [-0.1, -0.05) is 164 Å². The number of benzene rings is 7. The molecule has 2 heteroatoms. The maximum atomic E-state index is 4.15. The fraction of sp³-hybridized carbons (Fsp3) is 0.412. The number of fused-ring (bicyclic) bond motifs is 7. The fourth-order valence-electron chi connectivity index (χ4n) is 13.6. The molecule has 360 valence electrons. The zero-order chi connectivity index (χ0) is 49.7. The van der Waals surface area contributed by atoms with E-state index < -0.39 is 0 Å². The molecule has 0 bridgehead atoms. The summed E-state index contributed by atoms with van der Waals surface area (Å²) < 4.78 is 0. The summed E-state index contributed by atoms with van der Waals surface area (Å²) in [5.74, 6) is 0. The lowest BCUT2D eigenvalue weighted by molar-refractivity contribution is 0.332. The van der Waals surface area contributed by atoms with E-state index in [1.807, 2.05) is 0 Å². The third kappa shape index (κ3) is 7.31. The van der Waals surface area contributed by atoms with Gasteiger partial charge in [0.25, 0.3) is 0 Å². The molecule has 0 aromatic heterocycles. The van der Waals surface area contributed by atoms with E-state index >= 15 is 0 Å². The van der Waals surface area contributed by atoms with Crippen LogP contribution in [0.2, 0.25) is 0 Å². The summed E-state index contributed by atoms with van der Waals surface area (Å²) in [6.07, 6.45) is 7.08. The number of hydrogen-bond acceptors (Lipinski definition) is 2. The lowest BCUT2D eigenvalue weighted by Gasteiger charge is -2.43. The van der Waals surface area contributed by atoms with E-state index in [0.29, 0.717) is 0 Å². The normalized spacial score (nSPS) is 20.1. The summed E-state index contributed by atoms with van der Waals surface area (Å²) in [7, 11) is 0. The Hall–Kier alpha value is -5.60. The summed E-state index contributed by atoms with van der Waals surface area (Å²) in [6, 6.07) is 48.1. The van der Waals surface area contributed by atoms with Gasteiger partial charge in [0.1, 0.15) is 0 Å². The molecule has 11 rings (SSSR count). The second kappa shape index (κ2) is 15.5. The molecule has 7 aromatic carbocycles. The Labute approximate surface area is 421 Å². The molecule has 0 spiro atoms. The van der Waals surface area contributed by atoms with E-state index in [4.69, 9.17) is 0 Å². The quantitative estimate of drug-likeness (QED) is 0.179. The molecule has 7 aromatic rings. The minimum absolute atomic E-state index is 0.0422. The Morgan fingerprint density at radius 1 is 0.386 bits per heavy atom. The van der Waals surface area contributed by atoms with Crippen molar-refractivity contribution < 1.29 is 0 Å². The molecule has 2 nitrogen and oxygen atoms in total. The Balaban J connectivity index is 1.18. The van der Waals surface area contributed by atoms with E-state index in [9.17, 15) is 0 Å². The van der Waals surface area contributed by atoms with Crippen molar-refractivity contribution in [3.05, 3.63) is 171 Å². The van der Waals surface area contributed by atoms with Crippen molar-refractivity contribution >= 4 is 39.2 Å². The van der Waals surface area contributed by atoms with Gasteiger partial charge in [-0.2, -0.15) is 0 Å². The van der Waals surface area contributed by atoms with Crippen molar-refractivity contribution in [1.82, 2.24) is 0 Å². The molecule has 0 heterocycles. The van der Waals surface area contributed by atoms with E-state index in [-0.39, 0.29) is 37.9 Å². The van der Waals surface area contributed by atoms with Gasteiger partial charge in [0.2, 0.25) is 0 Å². The molecular weight excluding hydrogens is 845 g/mol. The van der Waals surface area contributed by atoms with Gasteiger partial charge in [0.15, 0.2) is 0 Å². The molecule has 0 radical (unpaired) electrons. The maximum absolute atomic E-state index is 4.15. The third-order valence-corrected chi connectivity index (χ3v) is 18.8. The van der Waals surface area contributed by atoms with Gasteiger partial charge >= 0.3 is 0 Å². The molecule has 0 aliphatic heterocycles. The largest absolute Gasteiger partial charge is 0.355 e. The van der Waals surface area contributed by atoms with E-state index in [1.165, 1.54) is 138 Å². The zero-order valence-corrected chi connectivity index (χ0v) is 45.2. The highest BCUT2D eigenvalue weighted by Gasteiger charge is 2.42. The van der Waals surface area contributed by atoms with Crippen LogP contribution in [0.5, 0.6) is 0 Å². The third-order valence-electron chi connectivity index (χ3n) is 18.8. The number of nitrogens with one attached hydrogen (secondary N) is 1. The van der Waals surface area contributed by atoms with Crippen molar-refractivity contribution in [1.29, 1.82) is 0 Å². The van der Waals surface area contributed by atoms with Gasteiger partial charge in [-0.3, -0.25) is 0 Å². The van der Waals surface area contributed by atoms with Crippen molar-refractivity contribution in [3.63, 3.8) is 0 Å². The fourth-order valence-corrected chi connectivity index (χ4v) is 13.6. The molecule has 4 aliphatic rings. The molecule has 0 saturated heterocycles. The van der Waals surface area contributed by atoms with Crippen LogP contribution in [0.15, 0.2) is 121 Å². The number of nitrogens with zero attached hydrogens (tertiary/aromatic N) is 1. The molecular formula is C68H78N2. The Morgan fingerprint density at radius 3 is 1.56 bits per heavy atom. The first-order chi connectivity index (χ1) is 32.8. The minimum atomic E-state index is -0.0819. The number of rotatable bonds is 6. The standard InChI is InChI=1S/C68H78N2/c1-42-34-54-58(67(12,13)33-30-63(54,4)5)41-60(42)70(46-25-27-52-50(38-46)48-22-18-19-23-51(48)68(52,14)15)61-36-44(35-43-20-16-17-21-47(43)61)49-39-56-57(66(10,11)32-31-65(56,8)9)40-59(49)69-45-24-26-53-55(37-45)64(6,7)29-28-62(53,2)3/h16-27,34-41,69H,28-33H2,1-15H3. The van der Waals surface area contributed by atoms with Gasteiger partial charge in [-0.15, -0.1) is 0 Å². The number of aryl methyl sites for hydroxylation is 1. The van der Waals surface area contributed by atoms with Crippen LogP contribution < -0.4 is 10.2 Å². The van der Waals surface area contributed by atoms with Gasteiger partial charge in [-0.05, 0) is 205 Å². The highest BCUT2D eigenvalue weighted by molar-refractivity contribution is 6.04. The molecule has 0 atom stereocenters. The molecule has 0 amide bonds. The summed E-state index contributed by atoms with van der Waals surface area (Å²) >= 11 is 0. The molecule has 1 N–H and O–H groups in total. The van der Waals surface area contributed by atoms with Gasteiger partial charge in [-0.25, -0.2) is 0 Å². The highest BCUT2D eigenvalue weighted by Crippen LogP contribution is 2.56. The van der Waals surface area contributed by atoms with Gasteiger partial charge in [0.05, 0.1) is 5.69 Å². The lowest BCUT2D eigenvalue weighted by Crippen LogP contribution is -2.34. The zero-order valence-electron chi connectivity index (χ0n) is 45.2. The van der Waals surface area contributed by atoms with Crippen LogP contribution in [-0.2, 0) is 37.9 Å². The molecule has 70 heavy (non-hydrogen) atoms. The Morgan fingerprint density at radius 2 is 0.900 bits per heavy atom. The van der Waals surface area contributed by atoms with Crippen molar-refractivity contribution in [2.75, 3.05) is 10.2 Å². The molecule has 0 fully saturated rings. The van der Waals surface area contributed by atoms with Crippen LogP contribution in [-0.4, -0.2) is 0 Å². The number of hydrogen-bond donors (Lipinski definition) is 1. The monoisotopic (exact) mass is 923 g/mol. The lowest BCUT2D eigenvalue weighted by atomic mass is 9.62. The first-order valence-corrected chi connectivity index (χ1v) is 26.6. The molecule has 0 saturated carbocycles. The SMILES string of the molecule is Cc1cc2c(cc1N(c1ccc3c(c1)-c1ccccc1C3(C)C)c1cc(-c3cc4c(cc3Nc3ccc5c(c3)C(C)(C)CCC5(C)C)C(C)(C)CCC4(C)C)cc3ccccc13)C(C)(C)CCC2(C)C. The minimum Gasteiger partial charge on any atom is -0.355 e. The Bertz CT molecular complexity index is 3290. The van der Waals surface area contributed by atoms with Crippen LogP contribution in [0.1, 0.15) is 186 Å². The van der Waals surface area contributed by atoms with Gasteiger partial charge in [0, 0.05) is 39.1 Å². The first kappa shape index (κ1) is 46.8. The van der Waals surface area contributed by atoms with Crippen LogP contribution >= 0.6 is 0 Å². The summed E-state index contributed by atoms with van der Waals surface area (Å²) in [5, 5.41) is 6.64. The average molecular weight is 923 g/mol. The summed E-state index contributed by atoms with van der Waals surface area (Å²) in [5.41, 5.74) is 24.6. The van der Waals surface area contributed by atoms with Crippen molar-refractivity contribution in [2.45, 2.75) is 180 Å². The van der Waals surface area contributed by atoms with Gasteiger partial charge < -0.3 is 10.2 Å².